The first-order valence-electron chi connectivity index (χ1n) is 10.4. The van der Waals surface area contributed by atoms with E-state index < -0.39 is 12.0 Å². The van der Waals surface area contributed by atoms with Gasteiger partial charge in [0.05, 0.1) is 6.42 Å². The van der Waals surface area contributed by atoms with Gasteiger partial charge in [-0.25, -0.2) is 4.39 Å². The van der Waals surface area contributed by atoms with Crippen molar-refractivity contribution >= 4 is 17.8 Å². The van der Waals surface area contributed by atoms with Crippen LogP contribution in [-0.2, 0) is 20.8 Å². The SMILES string of the molecule is [N-]=[N+]=NC[C@H](CC(=O)O)NC(=O)C1CCC(CNC(=O)CCc2ccc(F)cc2)CC1. The van der Waals surface area contributed by atoms with E-state index in [0.717, 1.165) is 18.4 Å². The third-order valence-corrected chi connectivity index (χ3v) is 5.49. The quantitative estimate of drug-likeness (QED) is 0.280. The predicted molar refractivity (Wildman–Crippen MR) is 111 cm³/mol. The molecule has 1 fully saturated rings. The molecule has 0 aromatic heterocycles. The molecule has 1 aromatic carbocycles. The molecule has 0 bridgehead atoms. The fourth-order valence-corrected chi connectivity index (χ4v) is 3.71. The topological polar surface area (TPSA) is 144 Å². The van der Waals surface area contributed by atoms with Crippen LogP contribution in [0.1, 0.15) is 44.1 Å². The van der Waals surface area contributed by atoms with E-state index in [1.54, 1.807) is 12.1 Å². The van der Waals surface area contributed by atoms with E-state index in [-0.39, 0.29) is 42.4 Å². The van der Waals surface area contributed by atoms with Crippen LogP contribution in [0.5, 0.6) is 0 Å². The number of amides is 2. The van der Waals surface area contributed by atoms with Crippen LogP contribution < -0.4 is 10.6 Å². The summed E-state index contributed by atoms with van der Waals surface area (Å²) in [4.78, 5) is 38.0. The number of aliphatic carboxylic acids is 1. The molecule has 1 aromatic rings. The lowest BCUT2D eigenvalue weighted by Crippen LogP contribution is -2.43. The van der Waals surface area contributed by atoms with Gasteiger partial charge in [-0.2, -0.15) is 0 Å². The highest BCUT2D eigenvalue weighted by atomic mass is 19.1. The maximum absolute atomic E-state index is 12.9. The second-order valence-corrected chi connectivity index (χ2v) is 7.87. The number of carboxylic acids is 1. The first-order chi connectivity index (χ1) is 14.9. The Kier molecular flexibility index (Phi) is 9.77. The maximum atomic E-state index is 12.9. The second kappa shape index (κ2) is 12.5. The summed E-state index contributed by atoms with van der Waals surface area (Å²) in [5, 5.41) is 17.9. The smallest absolute Gasteiger partial charge is 0.305 e. The molecule has 2 amide bonds. The van der Waals surface area contributed by atoms with Crippen LogP contribution in [0.15, 0.2) is 29.4 Å². The Bertz CT molecular complexity index is 798. The van der Waals surface area contributed by atoms with Crippen LogP contribution in [0.4, 0.5) is 4.39 Å². The van der Waals surface area contributed by atoms with Crippen LogP contribution in [0.2, 0.25) is 0 Å². The zero-order valence-electron chi connectivity index (χ0n) is 17.3. The van der Waals surface area contributed by atoms with Crippen molar-refractivity contribution in [1.82, 2.24) is 10.6 Å². The zero-order chi connectivity index (χ0) is 22.6. The summed E-state index contributed by atoms with van der Waals surface area (Å²) in [5.74, 6) is -1.58. The number of azide groups is 1. The highest BCUT2D eigenvalue weighted by molar-refractivity contribution is 5.80. The van der Waals surface area contributed by atoms with Gasteiger partial charge in [-0.1, -0.05) is 17.2 Å². The van der Waals surface area contributed by atoms with Gasteiger partial charge in [-0.3, -0.25) is 14.4 Å². The number of benzene rings is 1. The van der Waals surface area contributed by atoms with Gasteiger partial charge in [0.25, 0.3) is 0 Å². The van der Waals surface area contributed by atoms with Crippen LogP contribution >= 0.6 is 0 Å². The van der Waals surface area contributed by atoms with Crippen molar-refractivity contribution in [2.24, 2.45) is 17.0 Å². The molecule has 0 spiro atoms. The van der Waals surface area contributed by atoms with E-state index in [0.29, 0.717) is 32.2 Å². The number of carbonyl (C=O) groups excluding carboxylic acids is 2. The molecule has 1 aliphatic carbocycles. The van der Waals surface area contributed by atoms with Gasteiger partial charge in [0.2, 0.25) is 11.8 Å². The zero-order valence-corrected chi connectivity index (χ0v) is 17.3. The standard InChI is InChI=1S/C21H28FN5O4/c22-17-8-3-14(4-9-17)5-10-19(28)24-12-15-1-6-16(7-2-15)21(31)26-18(11-20(29)30)13-25-27-23/h3-4,8-9,15-16,18H,1-2,5-7,10-13H2,(H,24,28)(H,26,31)(H,29,30)/t15?,16?,18-/m0/s1. The molecular formula is C21H28FN5O4. The number of carboxylic acid groups (broad SMARTS) is 1. The van der Waals surface area contributed by atoms with Gasteiger partial charge in [-0.05, 0) is 61.2 Å². The molecule has 31 heavy (non-hydrogen) atoms. The lowest BCUT2D eigenvalue weighted by molar-refractivity contribution is -0.138. The first kappa shape index (κ1) is 24.1. The highest BCUT2D eigenvalue weighted by Gasteiger charge is 2.28. The molecule has 2 rings (SSSR count). The van der Waals surface area contributed by atoms with Crippen molar-refractivity contribution < 1.29 is 23.9 Å². The van der Waals surface area contributed by atoms with Gasteiger partial charge in [0, 0.05) is 36.4 Å². The van der Waals surface area contributed by atoms with E-state index in [1.165, 1.54) is 12.1 Å². The number of aryl methyl sites for hydroxylation is 1. The molecule has 3 N–H and O–H groups in total. The minimum atomic E-state index is -1.07. The van der Waals surface area contributed by atoms with Crippen molar-refractivity contribution in [2.75, 3.05) is 13.1 Å². The Morgan fingerprint density at radius 3 is 2.48 bits per heavy atom. The van der Waals surface area contributed by atoms with Gasteiger partial charge < -0.3 is 15.7 Å². The molecule has 0 radical (unpaired) electrons. The Morgan fingerprint density at radius 2 is 1.87 bits per heavy atom. The average Bonchev–Trinajstić information content (AvgIpc) is 2.75. The van der Waals surface area contributed by atoms with Gasteiger partial charge in [0.1, 0.15) is 5.82 Å². The molecule has 168 valence electrons. The number of rotatable bonds is 11. The molecule has 1 atom stereocenters. The number of hydrogen-bond acceptors (Lipinski definition) is 4. The molecule has 1 saturated carbocycles. The largest absolute Gasteiger partial charge is 0.481 e. The van der Waals surface area contributed by atoms with E-state index in [2.05, 4.69) is 20.7 Å². The molecule has 0 aliphatic heterocycles. The number of carbonyl (C=O) groups is 3. The van der Waals surface area contributed by atoms with Crippen LogP contribution in [-0.4, -0.2) is 42.0 Å². The Balaban J connectivity index is 1.68. The van der Waals surface area contributed by atoms with E-state index in [9.17, 15) is 18.8 Å². The second-order valence-electron chi connectivity index (χ2n) is 7.87. The maximum Gasteiger partial charge on any atom is 0.305 e. The monoisotopic (exact) mass is 433 g/mol. The first-order valence-corrected chi connectivity index (χ1v) is 10.4. The van der Waals surface area contributed by atoms with Crippen molar-refractivity contribution in [2.45, 2.75) is 51.0 Å². The number of hydrogen-bond donors (Lipinski definition) is 3. The highest BCUT2D eigenvalue weighted by Crippen LogP contribution is 2.28. The third-order valence-electron chi connectivity index (χ3n) is 5.49. The van der Waals surface area contributed by atoms with E-state index >= 15 is 0 Å². The van der Waals surface area contributed by atoms with E-state index in [1.807, 2.05) is 0 Å². The Hall–Kier alpha value is -3.13. The minimum Gasteiger partial charge on any atom is -0.481 e. The minimum absolute atomic E-state index is 0.0567. The van der Waals surface area contributed by atoms with Crippen LogP contribution in [0, 0.1) is 17.7 Å². The number of nitrogens with zero attached hydrogens (tertiary/aromatic N) is 3. The summed E-state index contributed by atoms with van der Waals surface area (Å²) >= 11 is 0. The summed E-state index contributed by atoms with van der Waals surface area (Å²) in [6.45, 7) is 0.447. The van der Waals surface area contributed by atoms with Gasteiger partial charge in [-0.15, -0.1) is 0 Å². The summed E-state index contributed by atoms with van der Waals surface area (Å²) in [7, 11) is 0. The lowest BCUT2D eigenvalue weighted by atomic mass is 9.81. The average molecular weight is 433 g/mol. The molecule has 1 aliphatic rings. The van der Waals surface area contributed by atoms with E-state index in [4.69, 9.17) is 10.6 Å². The predicted octanol–water partition coefficient (Wildman–Crippen LogP) is 2.95. The molecule has 0 unspecified atom stereocenters. The fourth-order valence-electron chi connectivity index (χ4n) is 3.71. The molecule has 0 heterocycles. The summed E-state index contributed by atoms with van der Waals surface area (Å²) < 4.78 is 12.9. The molecule has 0 saturated heterocycles. The van der Waals surface area contributed by atoms with Crippen molar-refractivity contribution in [3.8, 4) is 0 Å². The number of halogens is 1. The van der Waals surface area contributed by atoms with Gasteiger partial charge in [0.15, 0.2) is 0 Å². The molecule has 10 heteroatoms. The van der Waals surface area contributed by atoms with Crippen LogP contribution in [0.3, 0.4) is 0 Å². The van der Waals surface area contributed by atoms with Crippen molar-refractivity contribution in [3.63, 3.8) is 0 Å². The number of nitrogens with one attached hydrogen (secondary N) is 2. The summed E-state index contributed by atoms with van der Waals surface area (Å²) in [5.41, 5.74) is 9.31. The van der Waals surface area contributed by atoms with Crippen molar-refractivity contribution in [3.05, 3.63) is 46.1 Å². The lowest BCUT2D eigenvalue weighted by Gasteiger charge is -2.29. The Morgan fingerprint density at radius 1 is 1.19 bits per heavy atom. The van der Waals surface area contributed by atoms with Crippen molar-refractivity contribution in [1.29, 1.82) is 0 Å². The fraction of sp³-hybridized carbons (Fsp3) is 0.571. The van der Waals surface area contributed by atoms with Crippen LogP contribution in [0.25, 0.3) is 10.4 Å². The molecular weight excluding hydrogens is 405 g/mol. The van der Waals surface area contributed by atoms with Gasteiger partial charge >= 0.3 is 5.97 Å². The Labute approximate surface area is 180 Å². The normalized spacial score (nSPS) is 19.0. The summed E-state index contributed by atoms with van der Waals surface area (Å²) in [6.07, 6.45) is 3.47. The third kappa shape index (κ3) is 9.04. The molecule has 9 nitrogen and oxygen atoms in total. The summed E-state index contributed by atoms with van der Waals surface area (Å²) in [6, 6.07) is 5.37.